The lowest BCUT2D eigenvalue weighted by Gasteiger charge is -2.37. The Bertz CT molecular complexity index is 361. The van der Waals surface area contributed by atoms with Crippen molar-refractivity contribution in [3.05, 3.63) is 29.8 Å². The van der Waals surface area contributed by atoms with Crippen molar-refractivity contribution in [3.8, 4) is 0 Å². The number of nitrogens with one attached hydrogen (secondary N) is 1. The molecule has 18 heavy (non-hydrogen) atoms. The summed E-state index contributed by atoms with van der Waals surface area (Å²) in [5.41, 5.74) is 2.67. The van der Waals surface area contributed by atoms with Crippen LogP contribution in [0.5, 0.6) is 0 Å². The highest BCUT2D eigenvalue weighted by Gasteiger charge is 2.21. The van der Waals surface area contributed by atoms with Crippen LogP contribution in [0.3, 0.4) is 0 Å². The van der Waals surface area contributed by atoms with Crippen molar-refractivity contribution >= 4 is 5.69 Å². The molecule has 0 radical (unpaired) electrons. The molecule has 3 nitrogen and oxygen atoms in total. The minimum absolute atomic E-state index is 0.652. The molecule has 1 heterocycles. The summed E-state index contributed by atoms with van der Waals surface area (Å²) in [7, 11) is 6.42. The Morgan fingerprint density at radius 2 is 2.06 bits per heavy atom. The number of likely N-dealkylation sites (N-methyl/N-ethyl adjacent to an activating group) is 2. The molecule has 1 aromatic carbocycles. The fourth-order valence-corrected chi connectivity index (χ4v) is 2.72. The molecule has 1 unspecified atom stereocenters. The fourth-order valence-electron chi connectivity index (χ4n) is 2.72. The largest absolute Gasteiger partial charge is 0.370 e. The summed E-state index contributed by atoms with van der Waals surface area (Å²) < 4.78 is 0. The number of rotatable bonds is 4. The molecular formula is C15H25N3. The van der Waals surface area contributed by atoms with E-state index >= 15 is 0 Å². The first-order chi connectivity index (χ1) is 8.70. The van der Waals surface area contributed by atoms with Gasteiger partial charge in [-0.1, -0.05) is 12.1 Å². The summed E-state index contributed by atoms with van der Waals surface area (Å²) in [5.74, 6) is 0. The van der Waals surface area contributed by atoms with Crippen molar-refractivity contribution in [2.45, 2.75) is 25.4 Å². The number of likely N-dealkylation sites (tertiary alicyclic amines) is 1. The molecule has 100 valence electrons. The Hall–Kier alpha value is -1.06. The van der Waals surface area contributed by atoms with Crippen molar-refractivity contribution in [2.24, 2.45) is 0 Å². The first kappa shape index (κ1) is 13.4. The van der Waals surface area contributed by atoms with E-state index in [-0.39, 0.29) is 0 Å². The Balaban J connectivity index is 2.01. The second kappa shape index (κ2) is 6.21. The van der Waals surface area contributed by atoms with Crippen molar-refractivity contribution in [1.82, 2.24) is 10.2 Å². The maximum atomic E-state index is 3.18. The van der Waals surface area contributed by atoms with Crippen LogP contribution in [-0.4, -0.2) is 45.2 Å². The van der Waals surface area contributed by atoms with Gasteiger partial charge in [0.25, 0.3) is 0 Å². The molecule has 0 bridgehead atoms. The molecule has 1 N–H and O–H groups in total. The minimum atomic E-state index is 0.652. The lowest BCUT2D eigenvalue weighted by Crippen LogP contribution is -2.45. The standard InChI is InChI=1S/C15H25N3/c1-16-11-13-6-8-14(9-7-13)18(3)15-5-4-10-17(2)12-15/h6-9,15-16H,4-5,10-12H2,1-3H3. The van der Waals surface area contributed by atoms with Crippen LogP contribution in [0.25, 0.3) is 0 Å². The van der Waals surface area contributed by atoms with Gasteiger partial charge in [0.2, 0.25) is 0 Å². The SMILES string of the molecule is CNCc1ccc(N(C)C2CCCN(C)C2)cc1. The van der Waals surface area contributed by atoms with E-state index in [0.29, 0.717) is 6.04 Å². The Morgan fingerprint density at radius 1 is 1.33 bits per heavy atom. The third-order valence-corrected chi connectivity index (χ3v) is 3.87. The van der Waals surface area contributed by atoms with Gasteiger partial charge in [0.15, 0.2) is 0 Å². The number of benzene rings is 1. The summed E-state index contributed by atoms with van der Waals surface area (Å²) in [5, 5.41) is 3.18. The molecule has 1 atom stereocenters. The molecule has 1 fully saturated rings. The molecule has 1 aliphatic heterocycles. The van der Waals surface area contributed by atoms with E-state index in [9.17, 15) is 0 Å². The number of piperidine rings is 1. The average Bonchev–Trinajstić information content (AvgIpc) is 2.39. The van der Waals surface area contributed by atoms with Gasteiger partial charge in [-0.3, -0.25) is 0 Å². The van der Waals surface area contributed by atoms with Crippen LogP contribution in [-0.2, 0) is 6.54 Å². The van der Waals surface area contributed by atoms with E-state index in [1.807, 2.05) is 7.05 Å². The first-order valence-electron chi connectivity index (χ1n) is 6.85. The summed E-state index contributed by atoms with van der Waals surface area (Å²) in [6, 6.07) is 9.56. The minimum Gasteiger partial charge on any atom is -0.370 e. The van der Waals surface area contributed by atoms with Gasteiger partial charge in [0, 0.05) is 31.9 Å². The highest BCUT2D eigenvalue weighted by molar-refractivity contribution is 5.48. The Kier molecular flexibility index (Phi) is 4.61. The molecule has 0 aromatic heterocycles. The molecule has 1 aromatic rings. The molecule has 2 rings (SSSR count). The summed E-state index contributed by atoms with van der Waals surface area (Å²) >= 11 is 0. The Labute approximate surface area is 111 Å². The predicted molar refractivity (Wildman–Crippen MR) is 78.1 cm³/mol. The zero-order valence-electron chi connectivity index (χ0n) is 11.8. The van der Waals surface area contributed by atoms with E-state index in [4.69, 9.17) is 0 Å². The van der Waals surface area contributed by atoms with E-state index in [2.05, 4.69) is 53.5 Å². The molecule has 0 aliphatic carbocycles. The van der Waals surface area contributed by atoms with Crippen LogP contribution in [0.15, 0.2) is 24.3 Å². The zero-order chi connectivity index (χ0) is 13.0. The van der Waals surface area contributed by atoms with E-state index < -0.39 is 0 Å². The van der Waals surface area contributed by atoms with E-state index in [1.54, 1.807) is 0 Å². The molecule has 3 heteroatoms. The van der Waals surface area contributed by atoms with Gasteiger partial charge >= 0.3 is 0 Å². The second-order valence-corrected chi connectivity index (χ2v) is 5.37. The van der Waals surface area contributed by atoms with Gasteiger partial charge < -0.3 is 15.1 Å². The van der Waals surface area contributed by atoms with Crippen molar-refractivity contribution in [1.29, 1.82) is 0 Å². The quantitative estimate of drug-likeness (QED) is 0.877. The highest BCUT2D eigenvalue weighted by Crippen LogP contribution is 2.21. The third-order valence-electron chi connectivity index (χ3n) is 3.87. The molecule has 0 amide bonds. The lowest BCUT2D eigenvalue weighted by molar-refractivity contribution is 0.248. The van der Waals surface area contributed by atoms with Gasteiger partial charge in [-0.25, -0.2) is 0 Å². The van der Waals surface area contributed by atoms with Gasteiger partial charge in [-0.2, -0.15) is 0 Å². The first-order valence-corrected chi connectivity index (χ1v) is 6.85. The average molecular weight is 247 g/mol. The maximum absolute atomic E-state index is 3.18. The van der Waals surface area contributed by atoms with Crippen LogP contribution >= 0.6 is 0 Å². The summed E-state index contributed by atoms with van der Waals surface area (Å²) in [4.78, 5) is 4.86. The van der Waals surface area contributed by atoms with Crippen LogP contribution in [0.4, 0.5) is 5.69 Å². The second-order valence-electron chi connectivity index (χ2n) is 5.37. The van der Waals surface area contributed by atoms with Crippen LogP contribution in [0.1, 0.15) is 18.4 Å². The normalized spacial score (nSPS) is 20.9. The molecular weight excluding hydrogens is 222 g/mol. The number of hydrogen-bond donors (Lipinski definition) is 1. The number of nitrogens with zero attached hydrogens (tertiary/aromatic N) is 2. The topological polar surface area (TPSA) is 18.5 Å². The number of anilines is 1. The monoisotopic (exact) mass is 247 g/mol. The zero-order valence-corrected chi connectivity index (χ0v) is 11.8. The summed E-state index contributed by atoms with van der Waals surface area (Å²) in [6.45, 7) is 3.36. The third kappa shape index (κ3) is 3.24. The van der Waals surface area contributed by atoms with Crippen molar-refractivity contribution in [2.75, 3.05) is 39.1 Å². The van der Waals surface area contributed by atoms with Crippen LogP contribution in [0, 0.1) is 0 Å². The van der Waals surface area contributed by atoms with E-state index in [1.165, 1.54) is 37.2 Å². The maximum Gasteiger partial charge on any atom is 0.0414 e. The van der Waals surface area contributed by atoms with Gasteiger partial charge in [0.05, 0.1) is 0 Å². The van der Waals surface area contributed by atoms with Crippen molar-refractivity contribution in [3.63, 3.8) is 0 Å². The number of hydrogen-bond acceptors (Lipinski definition) is 3. The van der Waals surface area contributed by atoms with Gasteiger partial charge in [-0.05, 0) is 51.2 Å². The van der Waals surface area contributed by atoms with E-state index in [0.717, 1.165) is 6.54 Å². The molecule has 1 saturated heterocycles. The van der Waals surface area contributed by atoms with Crippen LogP contribution in [0.2, 0.25) is 0 Å². The highest BCUT2D eigenvalue weighted by atomic mass is 15.2. The fraction of sp³-hybridized carbons (Fsp3) is 0.600. The molecule has 0 saturated carbocycles. The predicted octanol–water partition coefficient (Wildman–Crippen LogP) is 1.94. The van der Waals surface area contributed by atoms with Gasteiger partial charge in [0.1, 0.15) is 0 Å². The van der Waals surface area contributed by atoms with Crippen LogP contribution < -0.4 is 10.2 Å². The summed E-state index contributed by atoms with van der Waals surface area (Å²) in [6.07, 6.45) is 2.61. The Morgan fingerprint density at radius 3 is 2.67 bits per heavy atom. The molecule has 1 aliphatic rings. The van der Waals surface area contributed by atoms with Crippen molar-refractivity contribution < 1.29 is 0 Å². The van der Waals surface area contributed by atoms with Gasteiger partial charge in [-0.15, -0.1) is 0 Å². The smallest absolute Gasteiger partial charge is 0.0414 e. The lowest BCUT2D eigenvalue weighted by atomic mass is 10.0. The molecule has 0 spiro atoms.